The van der Waals surface area contributed by atoms with Crippen LogP contribution in [0.25, 0.3) is 0 Å². The maximum Gasteiger partial charge on any atom is 0.129 e. The van der Waals surface area contributed by atoms with Gasteiger partial charge >= 0.3 is 0 Å². The number of nitrogens with zero attached hydrogens (tertiary/aromatic N) is 1. The van der Waals surface area contributed by atoms with Gasteiger partial charge in [-0.3, -0.25) is 0 Å². The number of hydrogen-bond donors (Lipinski definition) is 0. The molecular formula is C8H5BrFNS. The van der Waals surface area contributed by atoms with Crippen LogP contribution in [0.15, 0.2) is 27.7 Å². The Hall–Kier alpha value is -0.570. The summed E-state index contributed by atoms with van der Waals surface area (Å²) >= 11 is 7.53. The van der Waals surface area contributed by atoms with Crippen molar-refractivity contribution in [3.8, 4) is 0 Å². The van der Waals surface area contributed by atoms with Gasteiger partial charge in [0.1, 0.15) is 5.82 Å². The Bertz CT molecular complexity index is 334. The molecule has 0 aliphatic carbocycles. The molecule has 0 heterocycles. The third-order valence-electron chi connectivity index (χ3n) is 1.33. The van der Waals surface area contributed by atoms with E-state index in [-0.39, 0.29) is 12.4 Å². The molecule has 0 bridgehead atoms. The van der Waals surface area contributed by atoms with Crippen molar-refractivity contribution in [2.45, 2.75) is 6.54 Å². The minimum Gasteiger partial charge on any atom is -0.228 e. The second-order valence-corrected chi connectivity index (χ2v) is 3.24. The molecule has 62 valence electrons. The van der Waals surface area contributed by atoms with Crippen LogP contribution < -0.4 is 0 Å². The second kappa shape index (κ2) is 4.45. The number of isothiocyanates is 1. The van der Waals surface area contributed by atoms with Gasteiger partial charge in [0.25, 0.3) is 0 Å². The van der Waals surface area contributed by atoms with Crippen LogP contribution in [0.3, 0.4) is 0 Å². The lowest BCUT2D eigenvalue weighted by atomic mass is 10.2. The van der Waals surface area contributed by atoms with E-state index in [0.29, 0.717) is 5.56 Å². The summed E-state index contributed by atoms with van der Waals surface area (Å²) in [7, 11) is 0. The van der Waals surface area contributed by atoms with E-state index in [9.17, 15) is 4.39 Å². The second-order valence-electron chi connectivity index (χ2n) is 2.14. The summed E-state index contributed by atoms with van der Waals surface area (Å²) in [5.41, 5.74) is 0.524. The first kappa shape index (κ1) is 9.52. The average molecular weight is 246 g/mol. The summed E-state index contributed by atoms with van der Waals surface area (Å²) in [5.74, 6) is -0.279. The maximum absolute atomic E-state index is 13.0. The van der Waals surface area contributed by atoms with E-state index in [1.165, 1.54) is 6.07 Å². The van der Waals surface area contributed by atoms with Crippen LogP contribution in [0.2, 0.25) is 0 Å². The summed E-state index contributed by atoms with van der Waals surface area (Å²) in [5, 5.41) is 2.19. The van der Waals surface area contributed by atoms with Crippen molar-refractivity contribution in [1.82, 2.24) is 0 Å². The molecule has 0 aliphatic rings. The Morgan fingerprint density at radius 1 is 1.58 bits per heavy atom. The van der Waals surface area contributed by atoms with E-state index < -0.39 is 0 Å². The molecule has 12 heavy (non-hydrogen) atoms. The van der Waals surface area contributed by atoms with Crippen molar-refractivity contribution in [2.75, 3.05) is 0 Å². The SMILES string of the molecule is Fc1cc(Br)ccc1CN=C=S. The molecule has 0 atom stereocenters. The van der Waals surface area contributed by atoms with Crippen LogP contribution in [-0.2, 0) is 6.54 Å². The van der Waals surface area contributed by atoms with Gasteiger partial charge in [0.15, 0.2) is 0 Å². The number of benzene rings is 1. The molecular weight excluding hydrogens is 241 g/mol. The first-order valence-corrected chi connectivity index (χ1v) is 4.41. The minimum absolute atomic E-state index is 0.253. The van der Waals surface area contributed by atoms with E-state index in [1.54, 1.807) is 12.1 Å². The Labute approximate surface area is 83.4 Å². The lowest BCUT2D eigenvalue weighted by molar-refractivity contribution is 0.610. The summed E-state index contributed by atoms with van der Waals surface area (Å²) < 4.78 is 13.7. The Morgan fingerprint density at radius 2 is 2.33 bits per heavy atom. The van der Waals surface area contributed by atoms with E-state index in [0.717, 1.165) is 4.47 Å². The fraction of sp³-hybridized carbons (Fsp3) is 0.125. The van der Waals surface area contributed by atoms with Crippen molar-refractivity contribution in [1.29, 1.82) is 0 Å². The first-order valence-electron chi connectivity index (χ1n) is 3.21. The number of aliphatic imine (C=N–C) groups is 1. The third kappa shape index (κ3) is 2.48. The van der Waals surface area contributed by atoms with Crippen LogP contribution >= 0.6 is 28.1 Å². The highest BCUT2D eigenvalue weighted by molar-refractivity contribution is 9.10. The molecule has 0 N–H and O–H groups in total. The minimum atomic E-state index is -0.279. The Kier molecular flexibility index (Phi) is 3.53. The van der Waals surface area contributed by atoms with Gasteiger partial charge < -0.3 is 0 Å². The molecule has 0 fully saturated rings. The number of thiocarbonyl (C=S) groups is 1. The molecule has 0 spiro atoms. The summed E-state index contributed by atoms with van der Waals surface area (Å²) in [6.07, 6.45) is 0. The summed E-state index contributed by atoms with van der Waals surface area (Å²) in [6, 6.07) is 4.82. The van der Waals surface area contributed by atoms with Gasteiger partial charge in [0.2, 0.25) is 0 Å². The van der Waals surface area contributed by atoms with E-state index >= 15 is 0 Å². The van der Waals surface area contributed by atoms with Gasteiger partial charge in [-0.15, -0.1) is 0 Å². The standard InChI is InChI=1S/C8H5BrFNS/c9-7-2-1-6(4-11-5-12)8(10)3-7/h1-3H,4H2. The molecule has 0 amide bonds. The maximum atomic E-state index is 13.0. The fourth-order valence-electron chi connectivity index (χ4n) is 0.767. The molecule has 0 saturated carbocycles. The molecule has 4 heteroatoms. The molecule has 0 radical (unpaired) electrons. The van der Waals surface area contributed by atoms with Gasteiger partial charge in [-0.1, -0.05) is 22.0 Å². The zero-order chi connectivity index (χ0) is 8.97. The summed E-state index contributed by atoms with van der Waals surface area (Å²) in [6.45, 7) is 0.253. The highest BCUT2D eigenvalue weighted by Crippen LogP contribution is 2.15. The van der Waals surface area contributed by atoms with Crippen LogP contribution in [0, 0.1) is 5.82 Å². The lowest BCUT2D eigenvalue weighted by Gasteiger charge is -1.97. The third-order valence-corrected chi connectivity index (χ3v) is 1.95. The van der Waals surface area contributed by atoms with Crippen molar-refractivity contribution < 1.29 is 4.39 Å². The van der Waals surface area contributed by atoms with Crippen LogP contribution in [0.5, 0.6) is 0 Å². The van der Waals surface area contributed by atoms with Crippen molar-refractivity contribution in [3.05, 3.63) is 34.1 Å². The Morgan fingerprint density at radius 3 is 2.92 bits per heavy atom. The molecule has 1 aromatic carbocycles. The highest BCUT2D eigenvalue weighted by atomic mass is 79.9. The average Bonchev–Trinajstić information content (AvgIpc) is 2.03. The molecule has 0 aliphatic heterocycles. The predicted octanol–water partition coefficient (Wildman–Crippen LogP) is 3.19. The molecule has 0 unspecified atom stereocenters. The molecule has 1 nitrogen and oxygen atoms in total. The van der Waals surface area contributed by atoms with Crippen molar-refractivity contribution >= 4 is 33.3 Å². The largest absolute Gasteiger partial charge is 0.228 e. The van der Waals surface area contributed by atoms with Crippen molar-refractivity contribution in [2.24, 2.45) is 4.99 Å². The zero-order valence-electron chi connectivity index (χ0n) is 6.05. The predicted molar refractivity (Wildman–Crippen MR) is 52.8 cm³/mol. The monoisotopic (exact) mass is 245 g/mol. The zero-order valence-corrected chi connectivity index (χ0v) is 8.45. The van der Waals surface area contributed by atoms with E-state index in [2.05, 4.69) is 38.3 Å². The van der Waals surface area contributed by atoms with Gasteiger partial charge in [0.05, 0.1) is 11.7 Å². The van der Waals surface area contributed by atoms with Crippen LogP contribution in [0.4, 0.5) is 4.39 Å². The van der Waals surface area contributed by atoms with Gasteiger partial charge in [-0.25, -0.2) is 9.38 Å². The number of rotatable bonds is 2. The topological polar surface area (TPSA) is 12.4 Å². The smallest absolute Gasteiger partial charge is 0.129 e. The van der Waals surface area contributed by atoms with Crippen molar-refractivity contribution in [3.63, 3.8) is 0 Å². The Balaban J connectivity index is 2.93. The van der Waals surface area contributed by atoms with Gasteiger partial charge in [-0.2, -0.15) is 0 Å². The van der Waals surface area contributed by atoms with Gasteiger partial charge in [-0.05, 0) is 24.4 Å². The molecule has 1 rings (SSSR count). The van der Waals surface area contributed by atoms with E-state index in [1.807, 2.05) is 0 Å². The lowest BCUT2D eigenvalue weighted by Crippen LogP contribution is -1.87. The fourth-order valence-corrected chi connectivity index (χ4v) is 1.17. The highest BCUT2D eigenvalue weighted by Gasteiger charge is 2.00. The van der Waals surface area contributed by atoms with Crippen LogP contribution in [0.1, 0.15) is 5.56 Å². The van der Waals surface area contributed by atoms with Crippen LogP contribution in [-0.4, -0.2) is 5.16 Å². The number of hydrogen-bond acceptors (Lipinski definition) is 2. The molecule has 0 aromatic heterocycles. The molecule has 0 saturated heterocycles. The molecule has 1 aromatic rings. The number of halogens is 2. The van der Waals surface area contributed by atoms with Gasteiger partial charge in [0, 0.05) is 10.0 Å². The van der Waals surface area contributed by atoms with E-state index in [4.69, 9.17) is 0 Å². The summed E-state index contributed by atoms with van der Waals surface area (Å²) in [4.78, 5) is 3.64. The first-order chi connectivity index (χ1) is 5.74. The quantitative estimate of drug-likeness (QED) is 0.576. The normalized spacial score (nSPS) is 9.17.